The van der Waals surface area contributed by atoms with Crippen molar-refractivity contribution in [3.05, 3.63) is 16.4 Å². The molecule has 0 bridgehead atoms. The van der Waals surface area contributed by atoms with Crippen LogP contribution in [0, 0.1) is 10.1 Å². The largest absolute Gasteiger partial charge is 0.476 e. The Hall–Kier alpha value is -1.96. The van der Waals surface area contributed by atoms with Crippen LogP contribution in [-0.4, -0.2) is 34.1 Å². The molecule has 0 aliphatic heterocycles. The summed E-state index contributed by atoms with van der Waals surface area (Å²) in [4.78, 5) is 17.9. The van der Waals surface area contributed by atoms with Crippen molar-refractivity contribution in [2.24, 2.45) is 5.73 Å². The van der Waals surface area contributed by atoms with E-state index in [0.717, 1.165) is 12.8 Å². The summed E-state index contributed by atoms with van der Waals surface area (Å²) in [6, 6.07) is 0.0813. The Balaban J connectivity index is 2.24. The number of nitrogens with two attached hydrogens (primary N) is 1. The van der Waals surface area contributed by atoms with Gasteiger partial charge in [-0.1, -0.05) is 0 Å². The fraction of sp³-hybridized carbons (Fsp3) is 0.600. The second-order valence-corrected chi connectivity index (χ2v) is 4.11. The second kappa shape index (κ2) is 5.13. The molecule has 0 saturated heterocycles. The van der Waals surface area contributed by atoms with Crippen LogP contribution in [0.2, 0.25) is 0 Å². The first-order valence-corrected chi connectivity index (χ1v) is 5.57. The van der Waals surface area contributed by atoms with Crippen LogP contribution in [0.1, 0.15) is 19.3 Å². The van der Waals surface area contributed by atoms with Gasteiger partial charge in [0.15, 0.2) is 0 Å². The van der Waals surface area contributed by atoms with Crippen LogP contribution in [0.25, 0.3) is 0 Å². The Kier molecular flexibility index (Phi) is 3.56. The molecule has 2 atom stereocenters. The summed E-state index contributed by atoms with van der Waals surface area (Å²) in [6.45, 7) is 0. The minimum atomic E-state index is -0.608. The van der Waals surface area contributed by atoms with E-state index in [1.807, 2.05) is 0 Å². The van der Waals surface area contributed by atoms with Gasteiger partial charge in [-0.2, -0.15) is 9.97 Å². The van der Waals surface area contributed by atoms with Gasteiger partial charge in [-0.25, -0.2) is 0 Å². The first-order chi connectivity index (χ1) is 8.61. The maximum absolute atomic E-state index is 11.0. The standard InChI is InChI=1S/C10H14N4O4/c1-17-9-8(14(15)16)10(13-5-12-9)18-7-3-2-6(11)4-7/h5-7H,2-4,11H2,1H3. The third kappa shape index (κ3) is 2.48. The zero-order valence-electron chi connectivity index (χ0n) is 9.91. The average Bonchev–Trinajstić information content (AvgIpc) is 2.74. The van der Waals surface area contributed by atoms with Crippen molar-refractivity contribution in [3.8, 4) is 11.8 Å². The summed E-state index contributed by atoms with van der Waals surface area (Å²) in [5.74, 6) is -0.168. The van der Waals surface area contributed by atoms with Crippen molar-refractivity contribution in [2.45, 2.75) is 31.4 Å². The highest BCUT2D eigenvalue weighted by atomic mass is 16.6. The molecule has 8 heteroatoms. The van der Waals surface area contributed by atoms with Gasteiger partial charge in [0.1, 0.15) is 12.4 Å². The van der Waals surface area contributed by atoms with Crippen molar-refractivity contribution in [1.82, 2.24) is 9.97 Å². The maximum atomic E-state index is 11.0. The Morgan fingerprint density at radius 1 is 1.44 bits per heavy atom. The fourth-order valence-electron chi connectivity index (χ4n) is 1.98. The Labute approximate surface area is 103 Å². The molecule has 0 aromatic carbocycles. The van der Waals surface area contributed by atoms with E-state index in [4.69, 9.17) is 15.2 Å². The predicted molar refractivity (Wildman–Crippen MR) is 61.5 cm³/mol. The zero-order valence-corrected chi connectivity index (χ0v) is 9.91. The van der Waals surface area contributed by atoms with Gasteiger partial charge >= 0.3 is 17.4 Å². The van der Waals surface area contributed by atoms with E-state index in [1.165, 1.54) is 13.4 Å². The Bertz CT molecular complexity index is 454. The smallest absolute Gasteiger partial charge is 0.392 e. The highest BCUT2D eigenvalue weighted by Gasteiger charge is 2.30. The molecule has 0 spiro atoms. The third-order valence-electron chi connectivity index (χ3n) is 2.83. The number of ether oxygens (including phenoxy) is 2. The van der Waals surface area contributed by atoms with Crippen LogP contribution < -0.4 is 15.2 Å². The fourth-order valence-corrected chi connectivity index (χ4v) is 1.98. The molecule has 1 aromatic rings. The number of hydrogen-bond acceptors (Lipinski definition) is 7. The van der Waals surface area contributed by atoms with E-state index in [1.54, 1.807) is 0 Å². The molecule has 1 aromatic heterocycles. The number of hydrogen-bond donors (Lipinski definition) is 1. The maximum Gasteiger partial charge on any atom is 0.392 e. The van der Waals surface area contributed by atoms with Crippen molar-refractivity contribution >= 4 is 5.69 Å². The highest BCUT2D eigenvalue weighted by molar-refractivity contribution is 5.49. The SMILES string of the molecule is COc1ncnc(OC2CCC(N)C2)c1[N+](=O)[O-]. The molecular formula is C10H14N4O4. The average molecular weight is 254 g/mol. The van der Waals surface area contributed by atoms with E-state index in [-0.39, 0.29) is 29.6 Å². The third-order valence-corrected chi connectivity index (χ3v) is 2.83. The van der Waals surface area contributed by atoms with Gasteiger partial charge in [0.2, 0.25) is 0 Å². The molecule has 8 nitrogen and oxygen atoms in total. The van der Waals surface area contributed by atoms with Gasteiger partial charge in [0.25, 0.3) is 0 Å². The summed E-state index contributed by atoms with van der Waals surface area (Å²) in [7, 11) is 1.31. The minimum absolute atomic E-state index is 0.0639. The van der Waals surface area contributed by atoms with E-state index in [2.05, 4.69) is 9.97 Å². The summed E-state index contributed by atoms with van der Waals surface area (Å²) in [5, 5.41) is 11.0. The molecule has 2 rings (SSSR count). The van der Waals surface area contributed by atoms with Crippen LogP contribution >= 0.6 is 0 Å². The van der Waals surface area contributed by atoms with Crippen LogP contribution in [0.5, 0.6) is 11.8 Å². The van der Waals surface area contributed by atoms with E-state index < -0.39 is 4.92 Å². The lowest BCUT2D eigenvalue weighted by atomic mass is 10.3. The van der Waals surface area contributed by atoms with Gasteiger partial charge in [-0.15, -0.1) is 0 Å². The van der Waals surface area contributed by atoms with Crippen LogP contribution in [0.3, 0.4) is 0 Å². The minimum Gasteiger partial charge on any atom is -0.476 e. The lowest BCUT2D eigenvalue weighted by Gasteiger charge is -2.12. The summed E-state index contributed by atoms with van der Waals surface area (Å²) in [6.07, 6.45) is 3.32. The molecule has 1 aliphatic rings. The predicted octanol–water partition coefficient (Wildman–Crippen LogP) is 0.652. The number of aromatic nitrogens is 2. The normalized spacial score (nSPS) is 22.8. The van der Waals surface area contributed by atoms with Crippen LogP contribution in [-0.2, 0) is 0 Å². The quantitative estimate of drug-likeness (QED) is 0.619. The molecule has 0 amide bonds. The molecule has 2 unspecified atom stereocenters. The molecule has 1 aliphatic carbocycles. The summed E-state index contributed by atoms with van der Waals surface area (Å²) >= 11 is 0. The Morgan fingerprint density at radius 2 is 2.17 bits per heavy atom. The van der Waals surface area contributed by atoms with Crippen molar-refractivity contribution < 1.29 is 14.4 Å². The summed E-state index contributed by atoms with van der Waals surface area (Å²) in [5.41, 5.74) is 5.41. The molecule has 0 radical (unpaired) electrons. The number of methoxy groups -OCH3 is 1. The van der Waals surface area contributed by atoms with Gasteiger partial charge in [-0.05, 0) is 19.3 Å². The monoisotopic (exact) mass is 254 g/mol. The van der Waals surface area contributed by atoms with E-state index in [9.17, 15) is 10.1 Å². The number of nitro groups is 1. The van der Waals surface area contributed by atoms with Crippen LogP contribution in [0.4, 0.5) is 5.69 Å². The lowest BCUT2D eigenvalue weighted by Crippen LogP contribution is -2.20. The molecular weight excluding hydrogens is 240 g/mol. The van der Waals surface area contributed by atoms with Crippen molar-refractivity contribution in [2.75, 3.05) is 7.11 Å². The van der Waals surface area contributed by atoms with E-state index in [0.29, 0.717) is 6.42 Å². The van der Waals surface area contributed by atoms with Crippen molar-refractivity contribution in [1.29, 1.82) is 0 Å². The van der Waals surface area contributed by atoms with Crippen molar-refractivity contribution in [3.63, 3.8) is 0 Å². The molecule has 1 fully saturated rings. The molecule has 1 heterocycles. The van der Waals surface area contributed by atoms with E-state index >= 15 is 0 Å². The zero-order chi connectivity index (χ0) is 13.1. The topological polar surface area (TPSA) is 113 Å². The molecule has 18 heavy (non-hydrogen) atoms. The van der Waals surface area contributed by atoms with Gasteiger partial charge in [0.05, 0.1) is 12.0 Å². The first kappa shape index (κ1) is 12.5. The number of rotatable bonds is 4. The summed E-state index contributed by atoms with van der Waals surface area (Å²) < 4.78 is 10.4. The molecule has 1 saturated carbocycles. The lowest BCUT2D eigenvalue weighted by molar-refractivity contribution is -0.387. The molecule has 98 valence electrons. The van der Waals surface area contributed by atoms with Gasteiger partial charge < -0.3 is 15.2 Å². The Morgan fingerprint density at radius 3 is 2.72 bits per heavy atom. The van der Waals surface area contributed by atoms with Gasteiger partial charge in [-0.3, -0.25) is 10.1 Å². The van der Waals surface area contributed by atoms with Crippen LogP contribution in [0.15, 0.2) is 6.33 Å². The first-order valence-electron chi connectivity index (χ1n) is 5.57. The van der Waals surface area contributed by atoms with Gasteiger partial charge in [0, 0.05) is 6.04 Å². The number of nitrogens with zero attached hydrogens (tertiary/aromatic N) is 3. The second-order valence-electron chi connectivity index (χ2n) is 4.11. The highest BCUT2D eigenvalue weighted by Crippen LogP contribution is 2.34. The molecule has 2 N–H and O–H groups in total.